The van der Waals surface area contributed by atoms with Crippen molar-refractivity contribution in [3.63, 3.8) is 0 Å². The molecule has 1 aliphatic rings. The lowest BCUT2D eigenvalue weighted by molar-refractivity contribution is 0.122. The van der Waals surface area contributed by atoms with Crippen molar-refractivity contribution >= 4 is 11.3 Å². The van der Waals surface area contributed by atoms with Crippen molar-refractivity contribution in [1.29, 1.82) is 0 Å². The first-order chi connectivity index (χ1) is 12.8. The van der Waals surface area contributed by atoms with Crippen LogP contribution < -0.4 is 0 Å². The Kier molecular flexibility index (Phi) is 5.34. The fourth-order valence-corrected chi connectivity index (χ4v) is 4.03. The highest BCUT2D eigenvalue weighted by atomic mass is 32.1. The van der Waals surface area contributed by atoms with E-state index in [1.54, 1.807) is 23.5 Å². The van der Waals surface area contributed by atoms with Crippen molar-refractivity contribution in [3.8, 4) is 11.3 Å². The molecule has 0 amide bonds. The molecular formula is C20H21FN4S. The first kappa shape index (κ1) is 17.3. The Morgan fingerprint density at radius 1 is 0.962 bits per heavy atom. The van der Waals surface area contributed by atoms with Crippen LogP contribution in [-0.2, 0) is 13.1 Å². The van der Waals surface area contributed by atoms with Gasteiger partial charge in [0.05, 0.1) is 12.2 Å². The summed E-state index contributed by atoms with van der Waals surface area (Å²) >= 11 is 1.68. The maximum Gasteiger partial charge on any atom is 0.123 e. The van der Waals surface area contributed by atoms with Gasteiger partial charge in [0.1, 0.15) is 10.8 Å². The third-order valence-corrected chi connectivity index (χ3v) is 5.48. The van der Waals surface area contributed by atoms with E-state index in [0.717, 1.165) is 55.5 Å². The van der Waals surface area contributed by atoms with Gasteiger partial charge in [-0.15, -0.1) is 11.3 Å². The lowest BCUT2D eigenvalue weighted by atomic mass is 10.2. The molecule has 0 spiro atoms. The molecule has 1 fully saturated rings. The van der Waals surface area contributed by atoms with E-state index in [9.17, 15) is 4.39 Å². The highest BCUT2D eigenvalue weighted by Crippen LogP contribution is 2.23. The zero-order chi connectivity index (χ0) is 17.8. The number of thiazole rings is 1. The summed E-state index contributed by atoms with van der Waals surface area (Å²) in [7, 11) is 0. The standard InChI is InChI=1S/C20H21FN4S/c21-18-5-3-17(4-6-18)19-15-26-20(23-19)14-25-10-8-24(9-11-25)13-16-2-1-7-22-12-16/h1-7,12,15H,8-11,13-14H2. The number of pyridine rings is 1. The van der Waals surface area contributed by atoms with Crippen LogP contribution in [0.3, 0.4) is 0 Å². The number of piperazine rings is 1. The van der Waals surface area contributed by atoms with Crippen molar-refractivity contribution in [2.24, 2.45) is 0 Å². The van der Waals surface area contributed by atoms with Crippen molar-refractivity contribution in [2.75, 3.05) is 26.2 Å². The van der Waals surface area contributed by atoms with E-state index < -0.39 is 0 Å². The van der Waals surface area contributed by atoms with Crippen LogP contribution >= 0.6 is 11.3 Å². The van der Waals surface area contributed by atoms with Gasteiger partial charge in [-0.2, -0.15) is 0 Å². The van der Waals surface area contributed by atoms with Crippen molar-refractivity contribution in [1.82, 2.24) is 19.8 Å². The number of nitrogens with zero attached hydrogens (tertiary/aromatic N) is 4. The van der Waals surface area contributed by atoms with Crippen molar-refractivity contribution in [3.05, 3.63) is 70.6 Å². The third-order valence-electron chi connectivity index (χ3n) is 4.64. The van der Waals surface area contributed by atoms with Gasteiger partial charge in [-0.3, -0.25) is 14.8 Å². The van der Waals surface area contributed by atoms with Crippen LogP contribution in [0.1, 0.15) is 10.6 Å². The minimum Gasteiger partial charge on any atom is -0.296 e. The van der Waals surface area contributed by atoms with Gasteiger partial charge in [-0.25, -0.2) is 9.37 Å². The number of benzene rings is 1. The fraction of sp³-hybridized carbons (Fsp3) is 0.300. The first-order valence-corrected chi connectivity index (χ1v) is 9.68. The van der Waals surface area contributed by atoms with Crippen LogP contribution in [0.4, 0.5) is 4.39 Å². The van der Waals surface area contributed by atoms with Crippen molar-refractivity contribution in [2.45, 2.75) is 13.1 Å². The summed E-state index contributed by atoms with van der Waals surface area (Å²) in [6, 6.07) is 10.7. The molecule has 4 nitrogen and oxygen atoms in total. The molecule has 0 aliphatic carbocycles. The predicted octanol–water partition coefficient (Wildman–Crippen LogP) is 3.66. The van der Waals surface area contributed by atoms with Crippen LogP contribution in [0.25, 0.3) is 11.3 Å². The maximum atomic E-state index is 13.1. The Balaban J connectivity index is 1.30. The molecule has 0 saturated carbocycles. The Labute approximate surface area is 156 Å². The molecule has 0 bridgehead atoms. The molecule has 0 radical (unpaired) electrons. The third kappa shape index (κ3) is 4.33. The summed E-state index contributed by atoms with van der Waals surface area (Å²) in [5.41, 5.74) is 3.17. The first-order valence-electron chi connectivity index (χ1n) is 8.80. The zero-order valence-electron chi connectivity index (χ0n) is 14.5. The Bertz CT molecular complexity index is 827. The van der Waals surface area contributed by atoms with E-state index >= 15 is 0 Å². The smallest absolute Gasteiger partial charge is 0.123 e. The average molecular weight is 368 g/mol. The Morgan fingerprint density at radius 2 is 1.69 bits per heavy atom. The van der Waals surface area contributed by atoms with Crippen LogP contribution in [-0.4, -0.2) is 45.9 Å². The number of aromatic nitrogens is 2. The highest BCUT2D eigenvalue weighted by molar-refractivity contribution is 7.09. The Morgan fingerprint density at radius 3 is 2.38 bits per heavy atom. The van der Waals surface area contributed by atoms with Gasteiger partial charge in [0.15, 0.2) is 0 Å². The second kappa shape index (κ2) is 8.03. The molecule has 1 aliphatic heterocycles. The topological polar surface area (TPSA) is 32.3 Å². The number of rotatable bonds is 5. The molecule has 26 heavy (non-hydrogen) atoms. The van der Waals surface area contributed by atoms with Crippen LogP contribution in [0.5, 0.6) is 0 Å². The van der Waals surface area contributed by atoms with Gasteiger partial charge in [0, 0.05) is 56.1 Å². The highest BCUT2D eigenvalue weighted by Gasteiger charge is 2.18. The van der Waals surface area contributed by atoms with Crippen molar-refractivity contribution < 1.29 is 4.39 Å². The molecule has 6 heteroatoms. The van der Waals surface area contributed by atoms with Gasteiger partial charge in [-0.05, 0) is 35.9 Å². The van der Waals surface area contributed by atoms with Crippen LogP contribution in [0.2, 0.25) is 0 Å². The van der Waals surface area contributed by atoms with E-state index in [4.69, 9.17) is 4.98 Å². The molecule has 2 aromatic heterocycles. The molecule has 0 unspecified atom stereocenters. The number of hydrogen-bond donors (Lipinski definition) is 0. The summed E-state index contributed by atoms with van der Waals surface area (Å²) in [6.45, 7) is 6.06. The summed E-state index contributed by atoms with van der Waals surface area (Å²) in [5, 5.41) is 3.17. The van der Waals surface area contributed by atoms with Gasteiger partial charge in [0.2, 0.25) is 0 Å². The van der Waals surface area contributed by atoms with E-state index in [1.165, 1.54) is 17.7 Å². The summed E-state index contributed by atoms with van der Waals surface area (Å²) in [4.78, 5) is 13.8. The molecule has 0 N–H and O–H groups in total. The minimum atomic E-state index is -0.214. The second-order valence-electron chi connectivity index (χ2n) is 6.55. The number of hydrogen-bond acceptors (Lipinski definition) is 5. The van der Waals surface area contributed by atoms with E-state index in [-0.39, 0.29) is 5.82 Å². The normalized spacial score (nSPS) is 16.0. The molecule has 0 atom stereocenters. The largest absolute Gasteiger partial charge is 0.296 e. The van der Waals surface area contributed by atoms with Gasteiger partial charge in [0.25, 0.3) is 0 Å². The average Bonchev–Trinajstić information content (AvgIpc) is 3.13. The van der Waals surface area contributed by atoms with Gasteiger partial charge in [-0.1, -0.05) is 6.07 Å². The monoisotopic (exact) mass is 368 g/mol. The van der Waals surface area contributed by atoms with Crippen LogP contribution in [0, 0.1) is 5.82 Å². The molecule has 4 rings (SSSR count). The molecular weight excluding hydrogens is 347 g/mol. The molecule has 134 valence electrons. The SMILES string of the molecule is Fc1ccc(-c2csc(CN3CCN(Cc4cccnc4)CC3)n2)cc1. The summed E-state index contributed by atoms with van der Waals surface area (Å²) < 4.78 is 13.1. The summed E-state index contributed by atoms with van der Waals surface area (Å²) in [6.07, 6.45) is 3.76. The van der Waals surface area contributed by atoms with E-state index in [2.05, 4.69) is 26.2 Å². The minimum absolute atomic E-state index is 0.214. The molecule has 3 aromatic rings. The Hall–Kier alpha value is -2.15. The molecule has 1 saturated heterocycles. The van der Waals surface area contributed by atoms with Crippen LogP contribution in [0.15, 0.2) is 54.2 Å². The van der Waals surface area contributed by atoms with Gasteiger partial charge >= 0.3 is 0 Å². The molecule has 1 aromatic carbocycles. The van der Waals surface area contributed by atoms with E-state index in [0.29, 0.717) is 0 Å². The quantitative estimate of drug-likeness (QED) is 0.688. The fourth-order valence-electron chi connectivity index (χ4n) is 3.18. The van der Waals surface area contributed by atoms with E-state index in [1.807, 2.05) is 18.5 Å². The summed E-state index contributed by atoms with van der Waals surface area (Å²) in [5.74, 6) is -0.214. The lowest BCUT2D eigenvalue weighted by Gasteiger charge is -2.34. The maximum absolute atomic E-state index is 13.1. The lowest BCUT2D eigenvalue weighted by Crippen LogP contribution is -2.45. The number of halogens is 1. The zero-order valence-corrected chi connectivity index (χ0v) is 15.3. The second-order valence-corrected chi connectivity index (χ2v) is 7.49. The van der Waals surface area contributed by atoms with Gasteiger partial charge < -0.3 is 0 Å². The molecule has 3 heterocycles. The predicted molar refractivity (Wildman–Crippen MR) is 102 cm³/mol.